The molecule has 1 aromatic heterocycles. The number of aromatic nitrogens is 1. The molecule has 2 unspecified atom stereocenters. The Morgan fingerprint density at radius 2 is 1.67 bits per heavy atom. The summed E-state index contributed by atoms with van der Waals surface area (Å²) in [7, 11) is -1.83. The van der Waals surface area contributed by atoms with Gasteiger partial charge < -0.3 is 29.7 Å². The van der Waals surface area contributed by atoms with Gasteiger partial charge in [-0.3, -0.25) is 9.69 Å². The van der Waals surface area contributed by atoms with E-state index in [-0.39, 0.29) is 65.4 Å². The molecule has 2 heterocycles. The standard InChI is InChI=1S/C38H46F4N4O8S/c1-34(2,3)54-33(49)46-21-36(7,45-55(51)35(4,5)6)26-19-29(44-30(31(26)46)22-8-11-24(39)12-9-22)37(50,38(40,41)42)20-43-32(48)23-10-15-27(52-17-16-47)28(18-23)53-25-13-14-25/h8-12,15,18-19,25,45,47,50H,13-14,16-17,20-21H2,1-7H3,(H,43,48)/t36-,37?,55?/m1/s1. The average molecular weight is 795 g/mol. The van der Waals surface area contributed by atoms with Crippen LogP contribution in [-0.4, -0.2) is 80.3 Å². The number of aliphatic hydroxyl groups is 2. The molecule has 55 heavy (non-hydrogen) atoms. The first-order valence-electron chi connectivity index (χ1n) is 17.6. The van der Waals surface area contributed by atoms with Crippen molar-refractivity contribution in [3.05, 3.63) is 71.2 Å². The molecule has 17 heteroatoms. The zero-order valence-corrected chi connectivity index (χ0v) is 32.4. The molecule has 0 bridgehead atoms. The molecule has 1 saturated carbocycles. The van der Waals surface area contributed by atoms with Gasteiger partial charge in [0.05, 0.1) is 64.1 Å². The summed E-state index contributed by atoms with van der Waals surface area (Å²) in [6.07, 6.45) is -4.92. The van der Waals surface area contributed by atoms with E-state index in [1.807, 2.05) is 0 Å². The maximum absolute atomic E-state index is 15.2. The van der Waals surface area contributed by atoms with E-state index >= 15 is 13.2 Å². The highest BCUT2D eigenvalue weighted by Gasteiger charge is 2.58. The number of rotatable bonds is 12. The highest BCUT2D eigenvalue weighted by molar-refractivity contribution is 7.84. The third kappa shape index (κ3) is 9.39. The first-order valence-corrected chi connectivity index (χ1v) is 18.7. The number of nitrogens with zero attached hydrogens (tertiary/aromatic N) is 2. The molecule has 4 N–H and O–H groups in total. The lowest BCUT2D eigenvalue weighted by molar-refractivity contribution is -0.265. The lowest BCUT2D eigenvalue weighted by Crippen LogP contribution is -2.52. The number of pyridine rings is 1. The van der Waals surface area contributed by atoms with E-state index in [1.54, 1.807) is 48.5 Å². The van der Waals surface area contributed by atoms with E-state index in [9.17, 15) is 28.4 Å². The maximum atomic E-state index is 15.2. The summed E-state index contributed by atoms with van der Waals surface area (Å²) < 4.78 is 92.5. The zero-order chi connectivity index (χ0) is 40.7. The van der Waals surface area contributed by atoms with Crippen LogP contribution >= 0.6 is 0 Å². The second-order valence-corrected chi connectivity index (χ2v) is 17.7. The van der Waals surface area contributed by atoms with Crippen molar-refractivity contribution in [1.82, 2.24) is 15.0 Å². The van der Waals surface area contributed by atoms with Gasteiger partial charge in [0.2, 0.25) is 5.60 Å². The van der Waals surface area contributed by atoms with Gasteiger partial charge in [-0.15, -0.1) is 0 Å². The number of ether oxygens (including phenoxy) is 3. The molecule has 2 aromatic carbocycles. The van der Waals surface area contributed by atoms with Crippen LogP contribution in [0, 0.1) is 5.82 Å². The van der Waals surface area contributed by atoms with Crippen LogP contribution in [0.4, 0.5) is 28.0 Å². The zero-order valence-electron chi connectivity index (χ0n) is 31.6. The molecule has 1 aliphatic carbocycles. The SMILES string of the molecule is CC(C)(C)OC(=O)N1C[C@@](C)(NS(=O)C(C)(C)C)c2cc(C(O)(CNC(=O)c3ccc(OCCO)c(OC4CC4)c3)C(F)(F)F)nc(-c3ccc(F)cc3)c21. The quantitative estimate of drug-likeness (QED) is 0.161. The Morgan fingerprint density at radius 3 is 2.24 bits per heavy atom. The summed E-state index contributed by atoms with van der Waals surface area (Å²) in [4.78, 5) is 32.6. The molecular formula is C38H46F4N4O8S. The third-order valence-electron chi connectivity index (χ3n) is 8.71. The number of amides is 2. The van der Waals surface area contributed by atoms with Crippen LogP contribution in [0.25, 0.3) is 11.3 Å². The van der Waals surface area contributed by atoms with E-state index in [0.29, 0.717) is 0 Å². The topological polar surface area (TPSA) is 160 Å². The molecule has 0 saturated heterocycles. The predicted molar refractivity (Wildman–Crippen MR) is 197 cm³/mol. The second kappa shape index (κ2) is 15.3. The summed E-state index contributed by atoms with van der Waals surface area (Å²) in [5, 5.41) is 23.0. The molecular weight excluding hydrogens is 748 g/mol. The first-order chi connectivity index (χ1) is 25.5. The van der Waals surface area contributed by atoms with Crippen molar-refractivity contribution in [3.63, 3.8) is 0 Å². The van der Waals surface area contributed by atoms with Gasteiger partial charge >= 0.3 is 12.3 Å². The highest BCUT2D eigenvalue weighted by atomic mass is 32.2. The van der Waals surface area contributed by atoms with Crippen LogP contribution in [-0.2, 0) is 26.9 Å². The number of carbonyl (C=O) groups is 2. The Kier molecular flexibility index (Phi) is 11.6. The van der Waals surface area contributed by atoms with Crippen LogP contribution in [0.5, 0.6) is 11.5 Å². The minimum Gasteiger partial charge on any atom is -0.487 e. The minimum absolute atomic E-state index is 0.00854. The van der Waals surface area contributed by atoms with Crippen molar-refractivity contribution >= 4 is 28.7 Å². The number of anilines is 1. The summed E-state index contributed by atoms with van der Waals surface area (Å²) in [6, 6.07) is 9.59. The third-order valence-corrected chi connectivity index (χ3v) is 10.5. The lowest BCUT2D eigenvalue weighted by Gasteiger charge is -2.33. The van der Waals surface area contributed by atoms with Gasteiger partial charge in [0.25, 0.3) is 5.91 Å². The number of hydrogen-bond donors (Lipinski definition) is 4. The Morgan fingerprint density at radius 1 is 1.02 bits per heavy atom. The number of alkyl halides is 3. The van der Waals surface area contributed by atoms with E-state index in [4.69, 9.17) is 14.2 Å². The monoisotopic (exact) mass is 794 g/mol. The summed E-state index contributed by atoms with van der Waals surface area (Å²) in [5.41, 5.74) is -7.52. The fourth-order valence-electron chi connectivity index (χ4n) is 5.68. The summed E-state index contributed by atoms with van der Waals surface area (Å²) in [6.45, 7) is 9.47. The number of fused-ring (bicyclic) bond motifs is 1. The lowest BCUT2D eigenvalue weighted by atomic mass is 9.89. The van der Waals surface area contributed by atoms with Crippen LogP contribution in [0.15, 0.2) is 48.5 Å². The van der Waals surface area contributed by atoms with Crippen molar-refractivity contribution in [2.45, 2.75) is 95.1 Å². The molecule has 0 spiro atoms. The molecule has 2 aliphatic rings. The summed E-state index contributed by atoms with van der Waals surface area (Å²) in [5.74, 6) is -1.25. The molecule has 3 aromatic rings. The molecule has 0 radical (unpaired) electrons. The Labute approximate surface area is 319 Å². The van der Waals surface area contributed by atoms with Crippen molar-refractivity contribution in [1.29, 1.82) is 0 Å². The molecule has 2 amide bonds. The second-order valence-electron chi connectivity index (χ2n) is 15.7. The first kappa shape index (κ1) is 41.8. The van der Waals surface area contributed by atoms with Gasteiger partial charge in [0.1, 0.15) is 18.0 Å². The van der Waals surface area contributed by atoms with Crippen molar-refractivity contribution < 1.29 is 55.8 Å². The van der Waals surface area contributed by atoms with E-state index in [1.165, 1.54) is 30.3 Å². The highest BCUT2D eigenvalue weighted by Crippen LogP contribution is 2.49. The Hall–Kier alpha value is -4.32. The van der Waals surface area contributed by atoms with E-state index in [2.05, 4.69) is 15.0 Å². The van der Waals surface area contributed by atoms with Crippen molar-refractivity contribution in [2.24, 2.45) is 0 Å². The van der Waals surface area contributed by atoms with Gasteiger partial charge in [-0.1, -0.05) is 0 Å². The van der Waals surface area contributed by atoms with Crippen LogP contribution < -0.4 is 24.4 Å². The largest absolute Gasteiger partial charge is 0.487 e. The molecule has 300 valence electrons. The minimum atomic E-state index is -5.44. The van der Waals surface area contributed by atoms with Crippen molar-refractivity contribution in [2.75, 3.05) is 31.2 Å². The van der Waals surface area contributed by atoms with E-state index in [0.717, 1.165) is 35.9 Å². The summed E-state index contributed by atoms with van der Waals surface area (Å²) >= 11 is 0. The van der Waals surface area contributed by atoms with Gasteiger partial charge in [-0.25, -0.2) is 23.1 Å². The smallest absolute Gasteiger partial charge is 0.424 e. The molecule has 1 aliphatic heterocycles. The maximum Gasteiger partial charge on any atom is 0.424 e. The van der Waals surface area contributed by atoms with Crippen LogP contribution in [0.2, 0.25) is 0 Å². The number of nitrogens with one attached hydrogen (secondary N) is 2. The Bertz CT molecular complexity index is 1950. The molecule has 12 nitrogen and oxygen atoms in total. The Balaban J connectivity index is 1.63. The van der Waals surface area contributed by atoms with Gasteiger partial charge in [-0.05, 0) is 110 Å². The van der Waals surface area contributed by atoms with Crippen LogP contribution in [0.3, 0.4) is 0 Å². The fourth-order valence-corrected chi connectivity index (χ4v) is 6.57. The number of aliphatic hydroxyl groups excluding tert-OH is 1. The van der Waals surface area contributed by atoms with Crippen LogP contribution in [0.1, 0.15) is 82.9 Å². The number of carbonyl (C=O) groups excluding carboxylic acids is 2. The van der Waals surface area contributed by atoms with Gasteiger partial charge in [0.15, 0.2) is 11.5 Å². The molecule has 5 rings (SSSR count). The molecule has 3 atom stereocenters. The van der Waals surface area contributed by atoms with Crippen molar-refractivity contribution in [3.8, 4) is 22.8 Å². The predicted octanol–water partition coefficient (Wildman–Crippen LogP) is 6.00. The average Bonchev–Trinajstić information content (AvgIpc) is 3.85. The molecule has 1 fully saturated rings. The number of hydrogen-bond acceptors (Lipinski definition) is 9. The van der Waals surface area contributed by atoms with E-state index < -0.39 is 68.7 Å². The fraction of sp³-hybridized carbons (Fsp3) is 0.500. The van der Waals surface area contributed by atoms with Gasteiger partial charge in [-0.2, -0.15) is 13.2 Å². The number of benzene rings is 2. The normalized spacial score (nSPS) is 19.0. The number of halogens is 4. The van der Waals surface area contributed by atoms with Gasteiger partial charge in [0, 0.05) is 16.7 Å².